The molecule has 0 aromatic heterocycles. The molecule has 0 atom stereocenters. The van der Waals surface area contributed by atoms with Crippen LogP contribution in [-0.4, -0.2) is 9.52 Å². The molecule has 0 N–H and O–H groups in total. The zero-order chi connectivity index (χ0) is 13.0. The molecule has 1 aromatic carbocycles. The Balaban J connectivity index is 0. The van der Waals surface area contributed by atoms with Gasteiger partial charge in [0.05, 0.1) is 0 Å². The van der Waals surface area contributed by atoms with Gasteiger partial charge in [-0.1, -0.05) is 0 Å². The van der Waals surface area contributed by atoms with Gasteiger partial charge in [-0.05, 0) is 0 Å². The van der Waals surface area contributed by atoms with E-state index in [0.29, 0.717) is 0 Å². The summed E-state index contributed by atoms with van der Waals surface area (Å²) in [6.07, 6.45) is 5.08. The molecule has 0 spiro atoms. The van der Waals surface area contributed by atoms with E-state index in [0.717, 1.165) is 0 Å². The second-order valence-electron chi connectivity index (χ2n) is 5.00. The number of hydrogen-bond donors (Lipinski definition) is 0. The minimum absolute atomic E-state index is 0. The summed E-state index contributed by atoms with van der Waals surface area (Å²) < 4.78 is 1.64. The van der Waals surface area contributed by atoms with Crippen LogP contribution in [0.1, 0.15) is 39.5 Å². The van der Waals surface area contributed by atoms with Crippen LogP contribution in [0.2, 0.25) is 0 Å². The summed E-state index contributed by atoms with van der Waals surface area (Å²) in [5.74, 6) is 0. The fourth-order valence-corrected chi connectivity index (χ4v) is 5.73. The Morgan fingerprint density at radius 3 is 2.19 bits per heavy atom. The molecule has 0 bridgehead atoms. The molecule has 1 aromatic rings. The number of benzene rings is 1. The minimum Gasteiger partial charge on any atom is -1.00 e. The summed E-state index contributed by atoms with van der Waals surface area (Å²) >= 11 is 2.35. The maximum Gasteiger partial charge on any atom is -1.00 e. The summed E-state index contributed by atoms with van der Waals surface area (Å²) in [5.41, 5.74) is 3.41. The number of allylic oxidation sites excluding steroid dienone is 4. The quantitative estimate of drug-likeness (QED) is 0.436. The summed E-state index contributed by atoms with van der Waals surface area (Å²) in [6, 6.07) is 11.1. The van der Waals surface area contributed by atoms with Crippen molar-refractivity contribution in [3.05, 3.63) is 50.6 Å². The van der Waals surface area contributed by atoms with Gasteiger partial charge >= 0.3 is 125 Å². The molecule has 0 amide bonds. The third-order valence-corrected chi connectivity index (χ3v) is 7.16. The van der Waals surface area contributed by atoms with Crippen LogP contribution in [-0.2, 0) is 20.4 Å². The van der Waals surface area contributed by atoms with Gasteiger partial charge in [0.2, 0.25) is 0 Å². The molecule has 21 heavy (non-hydrogen) atoms. The van der Waals surface area contributed by atoms with Crippen molar-refractivity contribution in [2.75, 3.05) is 0 Å². The van der Waals surface area contributed by atoms with E-state index in [1.165, 1.54) is 25.7 Å². The Morgan fingerprint density at radius 2 is 1.67 bits per heavy atom. The average Bonchev–Trinajstić information content (AvgIpc) is 2.67. The van der Waals surface area contributed by atoms with E-state index in [9.17, 15) is 0 Å². The second kappa shape index (κ2) is 12.0. The number of rotatable bonds is 5. The topological polar surface area (TPSA) is 0 Å². The smallest absolute Gasteiger partial charge is 1.00 e. The molecule has 1 aliphatic rings. The van der Waals surface area contributed by atoms with E-state index in [1.807, 2.05) is 0 Å². The average molecular weight is 396 g/mol. The molecule has 2 rings (SSSR count). The predicted molar refractivity (Wildman–Crippen MR) is 78.5 cm³/mol. The fraction of sp³-hybridized carbons (Fsp3) is 0.375. The van der Waals surface area contributed by atoms with Crippen LogP contribution in [0.5, 0.6) is 0 Å². The van der Waals surface area contributed by atoms with Gasteiger partial charge in [0.25, 0.3) is 0 Å². The Kier molecular flexibility index (Phi) is 13.6. The van der Waals surface area contributed by atoms with Crippen LogP contribution < -0.4 is 42.4 Å². The third kappa shape index (κ3) is 6.25. The van der Waals surface area contributed by atoms with Crippen molar-refractivity contribution in [2.24, 2.45) is 0 Å². The van der Waals surface area contributed by atoms with Crippen molar-refractivity contribution in [3.8, 4) is 0 Å². The Hall–Kier alpha value is 0.501. The maximum absolute atomic E-state index is 2.35. The Labute approximate surface area is 161 Å². The van der Waals surface area contributed by atoms with Gasteiger partial charge in [0.1, 0.15) is 0 Å². The molecule has 0 aliphatic heterocycles. The summed E-state index contributed by atoms with van der Waals surface area (Å²) in [7, 11) is -0.234. The van der Waals surface area contributed by atoms with Crippen LogP contribution >= 0.6 is 0 Å². The third-order valence-electron chi connectivity index (χ3n) is 3.67. The standard InChI is InChI=1S/C16H21Si.3ClH.Ti/c1-3-8-14-12-16(11-13(14)4-2)17-15-9-6-5-7-10-15;;;;/h5-7,9-10H,3-4,8,12,17H2,1-2H3;3*1H;/q;;;;+3/p-3. The van der Waals surface area contributed by atoms with Crippen molar-refractivity contribution < 1.29 is 57.7 Å². The first-order chi connectivity index (χ1) is 8.76. The molecule has 114 valence electrons. The summed E-state index contributed by atoms with van der Waals surface area (Å²) in [4.78, 5) is 0. The molecular weight excluding hydrogens is 374 g/mol. The molecule has 5 heteroatoms. The monoisotopic (exact) mass is 394 g/mol. The molecule has 0 nitrogen and oxygen atoms in total. The molecule has 0 fully saturated rings. The number of halogens is 3. The summed E-state index contributed by atoms with van der Waals surface area (Å²) in [6.45, 7) is 4.60. The van der Waals surface area contributed by atoms with Crippen LogP contribution in [0.15, 0.2) is 50.6 Å². The summed E-state index contributed by atoms with van der Waals surface area (Å²) in [5, 5.41) is 3.36. The van der Waals surface area contributed by atoms with Crippen molar-refractivity contribution in [3.63, 3.8) is 0 Å². The normalized spacial score (nSPS) is 14.1. The van der Waals surface area contributed by atoms with Crippen LogP contribution in [0.4, 0.5) is 0 Å². The molecule has 0 saturated heterocycles. The van der Waals surface area contributed by atoms with E-state index >= 15 is 0 Å². The Bertz CT molecular complexity index is 484. The predicted octanol–water partition coefficient (Wildman–Crippen LogP) is -5.84. The van der Waals surface area contributed by atoms with Crippen molar-refractivity contribution in [1.82, 2.24) is 0 Å². The van der Waals surface area contributed by atoms with E-state index in [-0.39, 0.29) is 46.7 Å². The van der Waals surface area contributed by atoms with Gasteiger partial charge in [-0.2, -0.15) is 0 Å². The van der Waals surface area contributed by atoms with Crippen molar-refractivity contribution >= 4 is 14.7 Å². The second-order valence-corrected chi connectivity index (χ2v) is 7.81. The van der Waals surface area contributed by atoms with Gasteiger partial charge in [0, 0.05) is 0 Å². The SMILES string of the molecule is CCCC1=C(CC)[C]([Ti+3])=C([SiH2]c2ccccc2)C1.[Cl-].[Cl-].[Cl-]. The molecule has 0 unspecified atom stereocenters. The van der Waals surface area contributed by atoms with Crippen molar-refractivity contribution in [1.29, 1.82) is 0 Å². The molecular formula is C16H21Cl3SiTi. The first-order valence-electron chi connectivity index (χ1n) is 6.95. The van der Waals surface area contributed by atoms with Gasteiger partial charge in [-0.25, -0.2) is 0 Å². The van der Waals surface area contributed by atoms with Crippen LogP contribution in [0, 0.1) is 0 Å². The molecule has 0 radical (unpaired) electrons. The molecule has 0 saturated carbocycles. The number of hydrogen-bond acceptors (Lipinski definition) is 0. The fourth-order valence-electron chi connectivity index (χ4n) is 2.80. The van der Waals surface area contributed by atoms with Gasteiger partial charge in [-0.3, -0.25) is 0 Å². The maximum atomic E-state index is 2.35. The largest absolute Gasteiger partial charge is 1.00 e. The van der Waals surface area contributed by atoms with E-state index in [4.69, 9.17) is 0 Å². The van der Waals surface area contributed by atoms with Gasteiger partial charge in [0.15, 0.2) is 0 Å². The van der Waals surface area contributed by atoms with Crippen LogP contribution in [0.3, 0.4) is 0 Å². The van der Waals surface area contributed by atoms with E-state index in [2.05, 4.69) is 64.6 Å². The zero-order valence-electron chi connectivity index (χ0n) is 12.6. The molecule has 0 heterocycles. The van der Waals surface area contributed by atoms with E-state index < -0.39 is 0 Å². The van der Waals surface area contributed by atoms with Crippen molar-refractivity contribution in [2.45, 2.75) is 39.5 Å². The first-order valence-corrected chi connectivity index (χ1v) is 9.14. The van der Waals surface area contributed by atoms with E-state index in [1.54, 1.807) is 25.4 Å². The molecule has 1 aliphatic carbocycles. The zero-order valence-corrected chi connectivity index (χ0v) is 17.8. The first kappa shape index (κ1) is 23.8. The van der Waals surface area contributed by atoms with Gasteiger partial charge < -0.3 is 37.2 Å². The minimum atomic E-state index is -0.234. The Morgan fingerprint density at radius 1 is 1.05 bits per heavy atom. The van der Waals surface area contributed by atoms with Crippen LogP contribution in [0.25, 0.3) is 0 Å². The van der Waals surface area contributed by atoms with Gasteiger partial charge in [-0.15, -0.1) is 0 Å².